The number of aromatic nitrogens is 2. The van der Waals surface area contributed by atoms with Crippen molar-refractivity contribution in [3.8, 4) is 5.75 Å². The molecule has 3 aromatic rings. The molecule has 0 saturated carbocycles. The predicted octanol–water partition coefficient (Wildman–Crippen LogP) is 3.04. The van der Waals surface area contributed by atoms with Gasteiger partial charge in [-0.25, -0.2) is 18.1 Å². The van der Waals surface area contributed by atoms with Gasteiger partial charge in [-0.1, -0.05) is 18.2 Å². The number of aryl methyl sites for hydroxylation is 1. The summed E-state index contributed by atoms with van der Waals surface area (Å²) >= 11 is 0. The maximum Gasteiger partial charge on any atom is 0.264 e. The van der Waals surface area contributed by atoms with E-state index in [2.05, 4.69) is 25.2 Å². The molecule has 8 nitrogen and oxygen atoms in total. The Labute approximate surface area is 163 Å². The van der Waals surface area contributed by atoms with Crippen molar-refractivity contribution in [3.63, 3.8) is 0 Å². The Morgan fingerprint density at radius 1 is 1.04 bits per heavy atom. The normalized spacial score (nSPS) is 11.4. The lowest BCUT2D eigenvalue weighted by Gasteiger charge is -2.08. The number of methoxy groups -OCH3 is 1. The van der Waals surface area contributed by atoms with Crippen LogP contribution in [0, 0.1) is 6.92 Å². The maximum atomic E-state index is 12.4. The lowest BCUT2D eigenvalue weighted by molar-refractivity contribution is 0.415. The summed E-state index contributed by atoms with van der Waals surface area (Å²) in [5.74, 6) is 1.08. The van der Waals surface area contributed by atoms with Gasteiger partial charge in [-0.3, -0.25) is 5.43 Å². The highest BCUT2D eigenvalue weighted by atomic mass is 32.2. The van der Waals surface area contributed by atoms with Crippen LogP contribution >= 0.6 is 0 Å². The molecule has 3 rings (SSSR count). The number of hydrogen-bond donors (Lipinski definition) is 2. The Bertz CT molecular complexity index is 1070. The highest BCUT2D eigenvalue weighted by molar-refractivity contribution is 7.92. The molecular formula is C19H19N5O3S. The van der Waals surface area contributed by atoms with Crippen LogP contribution in [0.25, 0.3) is 0 Å². The van der Waals surface area contributed by atoms with Crippen molar-refractivity contribution in [3.05, 3.63) is 71.9 Å². The number of benzene rings is 2. The van der Waals surface area contributed by atoms with Crippen molar-refractivity contribution >= 4 is 28.0 Å². The highest BCUT2D eigenvalue weighted by Gasteiger charge is 2.15. The van der Waals surface area contributed by atoms with Crippen LogP contribution in [-0.4, -0.2) is 31.7 Å². The molecule has 0 saturated heterocycles. The van der Waals surface area contributed by atoms with Gasteiger partial charge in [-0.05, 0) is 48.9 Å². The zero-order valence-corrected chi connectivity index (χ0v) is 16.1. The van der Waals surface area contributed by atoms with E-state index in [1.54, 1.807) is 44.5 Å². The Morgan fingerprint density at radius 2 is 1.75 bits per heavy atom. The van der Waals surface area contributed by atoms with Crippen LogP contribution in [0.15, 0.2) is 70.7 Å². The van der Waals surface area contributed by atoms with E-state index in [0.29, 0.717) is 11.5 Å². The van der Waals surface area contributed by atoms with E-state index in [4.69, 9.17) is 4.74 Å². The van der Waals surface area contributed by atoms with Crippen LogP contribution in [0.2, 0.25) is 0 Å². The highest BCUT2D eigenvalue weighted by Crippen LogP contribution is 2.15. The molecule has 0 amide bonds. The van der Waals surface area contributed by atoms with Crippen LogP contribution in [0.3, 0.4) is 0 Å². The topological polar surface area (TPSA) is 106 Å². The minimum Gasteiger partial charge on any atom is -0.497 e. The summed E-state index contributed by atoms with van der Waals surface area (Å²) in [4.78, 5) is 8.41. The summed E-state index contributed by atoms with van der Waals surface area (Å²) in [6, 6.07) is 17.0. The number of nitrogens with zero attached hydrogens (tertiary/aromatic N) is 3. The molecule has 0 spiro atoms. The summed E-state index contributed by atoms with van der Waals surface area (Å²) in [5, 5.41) is 4.12. The molecule has 9 heteroatoms. The first-order chi connectivity index (χ1) is 13.5. The molecule has 1 aromatic heterocycles. The summed E-state index contributed by atoms with van der Waals surface area (Å²) in [7, 11) is -2.17. The van der Waals surface area contributed by atoms with Gasteiger partial charge in [0, 0.05) is 11.8 Å². The third-order valence-corrected chi connectivity index (χ3v) is 4.99. The first kappa shape index (κ1) is 19.3. The van der Waals surface area contributed by atoms with Gasteiger partial charge in [0.2, 0.25) is 5.95 Å². The van der Waals surface area contributed by atoms with Gasteiger partial charge in [0.1, 0.15) is 5.75 Å². The van der Waals surface area contributed by atoms with Crippen LogP contribution < -0.4 is 14.9 Å². The van der Waals surface area contributed by atoms with Crippen molar-refractivity contribution in [2.24, 2.45) is 5.10 Å². The van der Waals surface area contributed by atoms with Gasteiger partial charge in [-0.15, -0.1) is 0 Å². The van der Waals surface area contributed by atoms with Crippen molar-refractivity contribution in [2.45, 2.75) is 11.8 Å². The Hall–Kier alpha value is -3.46. The van der Waals surface area contributed by atoms with Gasteiger partial charge in [-0.2, -0.15) is 10.1 Å². The molecule has 1 heterocycles. The number of hydrogen-bond acceptors (Lipinski definition) is 7. The van der Waals surface area contributed by atoms with Crippen molar-refractivity contribution in [1.82, 2.24) is 9.97 Å². The molecule has 0 atom stereocenters. The zero-order chi connectivity index (χ0) is 20.0. The Balaban J connectivity index is 1.73. The standard InChI is InChI=1S/C19H19N5O3S/c1-14-12-18(23-20-13-15-8-10-16(27-2)11-9-15)22-19(21-14)24-28(25,26)17-6-4-3-5-7-17/h3-13H,1-2H3,(H2,21,22,23,24)/b20-13-. The van der Waals surface area contributed by atoms with Crippen molar-refractivity contribution in [1.29, 1.82) is 0 Å². The van der Waals surface area contributed by atoms with Gasteiger partial charge >= 0.3 is 0 Å². The average molecular weight is 397 g/mol. The SMILES string of the molecule is COc1ccc(/C=N\Nc2cc(C)nc(NS(=O)(=O)c3ccccc3)n2)cc1. The molecule has 0 unspecified atom stereocenters. The second-order valence-electron chi connectivity index (χ2n) is 5.78. The molecule has 28 heavy (non-hydrogen) atoms. The van der Waals surface area contributed by atoms with E-state index in [1.165, 1.54) is 12.1 Å². The molecule has 144 valence electrons. The summed E-state index contributed by atoms with van der Waals surface area (Å²) < 4.78 is 32.3. The lowest BCUT2D eigenvalue weighted by Crippen LogP contribution is -2.15. The number of anilines is 2. The predicted molar refractivity (Wildman–Crippen MR) is 108 cm³/mol. The third kappa shape index (κ3) is 5.04. The number of hydrazone groups is 1. The first-order valence-electron chi connectivity index (χ1n) is 8.33. The number of ether oxygens (including phenoxy) is 1. The van der Waals surface area contributed by atoms with E-state index in [9.17, 15) is 8.42 Å². The molecule has 0 bridgehead atoms. The average Bonchev–Trinajstić information content (AvgIpc) is 2.68. The molecule has 0 radical (unpaired) electrons. The third-order valence-electron chi connectivity index (χ3n) is 3.64. The van der Waals surface area contributed by atoms with Gasteiger partial charge in [0.25, 0.3) is 10.0 Å². The second kappa shape index (κ2) is 8.49. The van der Waals surface area contributed by atoms with Gasteiger partial charge in [0.05, 0.1) is 18.2 Å². The zero-order valence-electron chi connectivity index (χ0n) is 15.3. The number of sulfonamides is 1. The minimum atomic E-state index is -3.77. The quantitative estimate of drug-likeness (QED) is 0.469. The molecule has 2 N–H and O–H groups in total. The summed E-state index contributed by atoms with van der Waals surface area (Å²) in [5.41, 5.74) is 4.23. The maximum absolute atomic E-state index is 12.4. The van der Waals surface area contributed by atoms with E-state index in [1.807, 2.05) is 24.3 Å². The Kier molecular flexibility index (Phi) is 5.85. The van der Waals surface area contributed by atoms with Crippen LogP contribution in [-0.2, 0) is 10.0 Å². The van der Waals surface area contributed by atoms with Crippen LogP contribution in [0.5, 0.6) is 5.75 Å². The number of rotatable bonds is 7. The van der Waals surface area contributed by atoms with Gasteiger partial charge < -0.3 is 4.74 Å². The fourth-order valence-electron chi connectivity index (χ4n) is 2.31. The summed E-state index contributed by atoms with van der Waals surface area (Å²) in [6.45, 7) is 1.74. The molecule has 2 aromatic carbocycles. The van der Waals surface area contributed by atoms with E-state index in [0.717, 1.165) is 11.3 Å². The molecular weight excluding hydrogens is 378 g/mol. The van der Waals surface area contributed by atoms with E-state index >= 15 is 0 Å². The van der Waals surface area contributed by atoms with E-state index < -0.39 is 10.0 Å². The van der Waals surface area contributed by atoms with E-state index in [-0.39, 0.29) is 10.8 Å². The summed E-state index contributed by atoms with van der Waals surface area (Å²) in [6.07, 6.45) is 1.62. The lowest BCUT2D eigenvalue weighted by atomic mass is 10.2. The van der Waals surface area contributed by atoms with Crippen LogP contribution in [0.4, 0.5) is 11.8 Å². The fraction of sp³-hybridized carbons (Fsp3) is 0.105. The van der Waals surface area contributed by atoms with Crippen molar-refractivity contribution < 1.29 is 13.2 Å². The molecule has 0 aliphatic heterocycles. The van der Waals surface area contributed by atoms with Crippen molar-refractivity contribution in [2.75, 3.05) is 17.3 Å². The monoisotopic (exact) mass is 397 g/mol. The fourth-order valence-corrected chi connectivity index (χ4v) is 3.28. The molecule has 0 aliphatic carbocycles. The first-order valence-corrected chi connectivity index (χ1v) is 9.81. The van der Waals surface area contributed by atoms with Gasteiger partial charge in [0.15, 0.2) is 5.82 Å². The molecule has 0 aliphatic rings. The second-order valence-corrected chi connectivity index (χ2v) is 7.46. The Morgan fingerprint density at radius 3 is 2.43 bits per heavy atom. The molecule has 0 fully saturated rings. The minimum absolute atomic E-state index is 0.0361. The smallest absolute Gasteiger partial charge is 0.264 e. The number of nitrogens with one attached hydrogen (secondary N) is 2. The van der Waals surface area contributed by atoms with Crippen LogP contribution in [0.1, 0.15) is 11.3 Å². The largest absolute Gasteiger partial charge is 0.497 e.